The molecule has 0 saturated heterocycles. The van der Waals surface area contributed by atoms with Gasteiger partial charge in [-0.15, -0.1) is 0 Å². The number of carboxylic acids is 1. The second-order valence-electron chi connectivity index (χ2n) is 2.34. The average Bonchev–Trinajstić information content (AvgIpc) is 1.97. The average molecular weight is 157 g/mol. The Morgan fingerprint density at radius 3 is 2.91 bits per heavy atom. The minimum Gasteiger partial charge on any atom is -0.481 e. The summed E-state index contributed by atoms with van der Waals surface area (Å²) >= 11 is 0. The summed E-state index contributed by atoms with van der Waals surface area (Å²) in [6.45, 7) is 2.02. The number of carboxylic acid groups (broad SMARTS) is 1. The highest BCUT2D eigenvalue weighted by Gasteiger charge is 2.08. The zero-order valence-electron chi connectivity index (χ0n) is 6.40. The van der Waals surface area contributed by atoms with E-state index in [0.29, 0.717) is 19.4 Å². The third-order valence-corrected chi connectivity index (χ3v) is 1.38. The molecule has 0 aliphatic heterocycles. The van der Waals surface area contributed by atoms with Crippen LogP contribution in [0.25, 0.3) is 10.4 Å². The van der Waals surface area contributed by atoms with Crippen LogP contribution in [0.15, 0.2) is 5.11 Å². The molecule has 1 N–H and O–H groups in total. The van der Waals surface area contributed by atoms with Crippen molar-refractivity contribution in [2.24, 2.45) is 11.0 Å². The van der Waals surface area contributed by atoms with Gasteiger partial charge in [-0.05, 0) is 18.4 Å². The molecule has 0 heterocycles. The van der Waals surface area contributed by atoms with E-state index in [1.807, 2.05) is 0 Å². The van der Waals surface area contributed by atoms with Crippen LogP contribution in [0.4, 0.5) is 0 Å². The number of azide groups is 1. The van der Waals surface area contributed by atoms with Crippen LogP contribution < -0.4 is 0 Å². The van der Waals surface area contributed by atoms with Crippen LogP contribution in [-0.4, -0.2) is 17.6 Å². The zero-order valence-corrected chi connectivity index (χ0v) is 6.40. The second kappa shape index (κ2) is 5.56. The van der Waals surface area contributed by atoms with Crippen LogP contribution in [0.1, 0.15) is 19.8 Å². The van der Waals surface area contributed by atoms with E-state index in [2.05, 4.69) is 10.0 Å². The van der Waals surface area contributed by atoms with Gasteiger partial charge in [-0.2, -0.15) is 0 Å². The summed E-state index contributed by atoms with van der Waals surface area (Å²) in [4.78, 5) is 12.8. The van der Waals surface area contributed by atoms with Gasteiger partial charge >= 0.3 is 5.97 Å². The molecule has 0 aliphatic carbocycles. The Balaban J connectivity index is 3.38. The largest absolute Gasteiger partial charge is 0.481 e. The van der Waals surface area contributed by atoms with Crippen LogP contribution >= 0.6 is 0 Å². The molecule has 0 saturated carbocycles. The van der Waals surface area contributed by atoms with E-state index in [-0.39, 0.29) is 5.92 Å². The molecule has 0 radical (unpaired) electrons. The van der Waals surface area contributed by atoms with Gasteiger partial charge in [0.25, 0.3) is 0 Å². The summed E-state index contributed by atoms with van der Waals surface area (Å²) in [5.74, 6) is -1.14. The highest BCUT2D eigenvalue weighted by Crippen LogP contribution is 2.04. The minimum absolute atomic E-state index is 0.344. The van der Waals surface area contributed by atoms with Crippen molar-refractivity contribution in [1.29, 1.82) is 0 Å². The summed E-state index contributed by atoms with van der Waals surface area (Å²) < 4.78 is 0. The van der Waals surface area contributed by atoms with Crippen molar-refractivity contribution in [2.45, 2.75) is 19.8 Å². The first-order chi connectivity index (χ1) is 5.18. The van der Waals surface area contributed by atoms with Crippen LogP contribution in [0.3, 0.4) is 0 Å². The molecule has 0 aromatic rings. The molecule has 11 heavy (non-hydrogen) atoms. The third kappa shape index (κ3) is 5.24. The molecule has 0 aromatic heterocycles. The van der Waals surface area contributed by atoms with Crippen molar-refractivity contribution in [2.75, 3.05) is 6.54 Å². The molecule has 0 bridgehead atoms. The maximum atomic E-state index is 10.3. The molecule has 62 valence electrons. The van der Waals surface area contributed by atoms with E-state index in [1.54, 1.807) is 6.92 Å². The van der Waals surface area contributed by atoms with Crippen molar-refractivity contribution in [3.05, 3.63) is 10.4 Å². The highest BCUT2D eigenvalue weighted by molar-refractivity contribution is 5.69. The Hall–Kier alpha value is -1.22. The summed E-state index contributed by atoms with van der Waals surface area (Å²) in [7, 11) is 0. The zero-order chi connectivity index (χ0) is 8.69. The Morgan fingerprint density at radius 1 is 1.82 bits per heavy atom. The lowest BCUT2D eigenvalue weighted by atomic mass is 10.1. The van der Waals surface area contributed by atoms with Crippen LogP contribution in [-0.2, 0) is 4.79 Å². The van der Waals surface area contributed by atoms with Crippen molar-refractivity contribution in [3.63, 3.8) is 0 Å². The van der Waals surface area contributed by atoms with E-state index in [9.17, 15) is 4.79 Å². The monoisotopic (exact) mass is 157 g/mol. The van der Waals surface area contributed by atoms with Crippen LogP contribution in [0.2, 0.25) is 0 Å². The van der Waals surface area contributed by atoms with Gasteiger partial charge in [0.15, 0.2) is 0 Å². The van der Waals surface area contributed by atoms with Gasteiger partial charge in [0.05, 0.1) is 5.92 Å². The van der Waals surface area contributed by atoms with Gasteiger partial charge in [0.2, 0.25) is 0 Å². The molecular weight excluding hydrogens is 146 g/mol. The fourth-order valence-corrected chi connectivity index (χ4v) is 0.636. The van der Waals surface area contributed by atoms with E-state index in [4.69, 9.17) is 10.6 Å². The number of hydrogen-bond donors (Lipinski definition) is 1. The first-order valence-electron chi connectivity index (χ1n) is 3.42. The minimum atomic E-state index is -0.800. The molecule has 0 amide bonds. The Labute approximate surface area is 64.7 Å². The molecule has 1 atom stereocenters. The maximum Gasteiger partial charge on any atom is 0.306 e. The fraction of sp³-hybridized carbons (Fsp3) is 0.833. The topological polar surface area (TPSA) is 86.1 Å². The van der Waals surface area contributed by atoms with E-state index in [0.717, 1.165) is 0 Å². The van der Waals surface area contributed by atoms with Gasteiger partial charge in [-0.1, -0.05) is 12.0 Å². The molecule has 0 aliphatic rings. The quantitative estimate of drug-likeness (QED) is 0.285. The van der Waals surface area contributed by atoms with Gasteiger partial charge in [0.1, 0.15) is 0 Å². The second-order valence-corrected chi connectivity index (χ2v) is 2.34. The standard InChI is InChI=1S/C6H11N3O2/c1-5(6(10)11)3-2-4-8-9-7/h5H,2-4H2,1H3,(H,10,11)/t5-/m0/s1. The van der Waals surface area contributed by atoms with E-state index < -0.39 is 5.97 Å². The fourth-order valence-electron chi connectivity index (χ4n) is 0.636. The van der Waals surface area contributed by atoms with Gasteiger partial charge in [-0.25, -0.2) is 0 Å². The third-order valence-electron chi connectivity index (χ3n) is 1.38. The molecule has 5 heteroatoms. The predicted octanol–water partition coefficient (Wildman–Crippen LogP) is 1.80. The highest BCUT2D eigenvalue weighted by atomic mass is 16.4. The summed E-state index contributed by atoms with van der Waals surface area (Å²) in [6, 6.07) is 0. The normalized spacial score (nSPS) is 11.7. The van der Waals surface area contributed by atoms with Crippen molar-refractivity contribution >= 4 is 5.97 Å². The lowest BCUT2D eigenvalue weighted by Crippen LogP contribution is -2.09. The lowest BCUT2D eigenvalue weighted by molar-refractivity contribution is -0.141. The Morgan fingerprint density at radius 2 is 2.45 bits per heavy atom. The van der Waals surface area contributed by atoms with Gasteiger partial charge < -0.3 is 5.11 Å². The Kier molecular flexibility index (Phi) is 4.94. The molecule has 0 aromatic carbocycles. The molecule has 0 fully saturated rings. The van der Waals surface area contributed by atoms with E-state index in [1.165, 1.54) is 0 Å². The summed E-state index contributed by atoms with van der Waals surface area (Å²) in [5.41, 5.74) is 7.88. The van der Waals surface area contributed by atoms with Crippen LogP contribution in [0, 0.1) is 5.92 Å². The molecule has 5 nitrogen and oxygen atoms in total. The smallest absolute Gasteiger partial charge is 0.306 e. The predicted molar refractivity (Wildman–Crippen MR) is 40.0 cm³/mol. The number of hydrogen-bond acceptors (Lipinski definition) is 2. The molecule has 0 unspecified atom stereocenters. The van der Waals surface area contributed by atoms with E-state index >= 15 is 0 Å². The van der Waals surface area contributed by atoms with Gasteiger partial charge in [-0.3, -0.25) is 4.79 Å². The lowest BCUT2D eigenvalue weighted by Gasteiger charge is -2.02. The number of aliphatic carboxylic acids is 1. The number of carbonyl (C=O) groups is 1. The maximum absolute atomic E-state index is 10.3. The van der Waals surface area contributed by atoms with Crippen LogP contribution in [0.5, 0.6) is 0 Å². The summed E-state index contributed by atoms with van der Waals surface area (Å²) in [6.07, 6.45) is 1.20. The van der Waals surface area contributed by atoms with Crippen molar-refractivity contribution < 1.29 is 9.90 Å². The first-order valence-corrected chi connectivity index (χ1v) is 3.42. The summed E-state index contributed by atoms with van der Waals surface area (Å²) in [5, 5.41) is 11.7. The Bertz CT molecular complexity index is 175. The number of nitrogens with zero attached hydrogens (tertiary/aromatic N) is 3. The SMILES string of the molecule is C[C@@H](CCCN=[N+]=[N-])C(=O)O. The van der Waals surface area contributed by atoms with Crippen molar-refractivity contribution in [3.8, 4) is 0 Å². The van der Waals surface area contributed by atoms with Gasteiger partial charge in [0, 0.05) is 11.5 Å². The first kappa shape index (κ1) is 9.78. The molecular formula is C6H11N3O2. The molecule has 0 rings (SSSR count). The number of rotatable bonds is 5. The van der Waals surface area contributed by atoms with Crippen molar-refractivity contribution in [1.82, 2.24) is 0 Å². The molecule has 0 spiro atoms.